The van der Waals surface area contributed by atoms with E-state index in [4.69, 9.17) is 13.6 Å². The van der Waals surface area contributed by atoms with Crippen LogP contribution in [-0.4, -0.2) is 39.1 Å². The molecule has 0 aliphatic rings. The van der Waals surface area contributed by atoms with Gasteiger partial charge >= 0.3 is 7.60 Å². The van der Waals surface area contributed by atoms with Gasteiger partial charge in [0.1, 0.15) is 5.75 Å². The number of hydrogen-bond acceptors (Lipinski definition) is 5. The zero-order chi connectivity index (χ0) is 13.9. The van der Waals surface area contributed by atoms with E-state index in [9.17, 15) is 13.0 Å². The summed E-state index contributed by atoms with van der Waals surface area (Å²) in [5.74, 6) is 1.17. The third kappa shape index (κ3) is 13.6. The van der Waals surface area contributed by atoms with E-state index in [1.165, 1.54) is 14.2 Å². The molecule has 0 aromatic heterocycles. The molecule has 0 aliphatic heterocycles. The van der Waals surface area contributed by atoms with Crippen molar-refractivity contribution in [2.45, 2.75) is 19.8 Å². The second kappa shape index (κ2) is 9.63. The molecule has 6 nitrogen and oxygen atoms in total. The molecule has 0 amide bonds. The van der Waals surface area contributed by atoms with Gasteiger partial charge < -0.3 is 9.05 Å². The molecule has 102 valence electrons. The molecule has 0 fully saturated rings. The molecule has 0 rings (SSSR count). The Morgan fingerprint density at radius 3 is 2.00 bits per heavy atom. The SMILES string of the molecule is C#CCS(=O)(=O)O.CCCCP(=O)(OC)OC. The van der Waals surface area contributed by atoms with Crippen LogP contribution in [0.1, 0.15) is 19.8 Å². The Bertz CT molecular complexity index is 361. The molecule has 8 heteroatoms. The quantitative estimate of drug-likeness (QED) is 0.455. The largest absolute Gasteiger partial charge is 0.330 e. The number of hydrogen-bond donors (Lipinski definition) is 1. The van der Waals surface area contributed by atoms with E-state index in [1.54, 1.807) is 5.92 Å². The van der Waals surface area contributed by atoms with Crippen LogP contribution in [0.3, 0.4) is 0 Å². The first-order valence-corrected chi connectivity index (χ1v) is 8.17. The summed E-state index contributed by atoms with van der Waals surface area (Å²) in [5, 5.41) is 0. The second-order valence-electron chi connectivity index (χ2n) is 2.98. The molecule has 17 heavy (non-hydrogen) atoms. The van der Waals surface area contributed by atoms with Gasteiger partial charge in [0, 0.05) is 14.2 Å². The van der Waals surface area contributed by atoms with Crippen molar-refractivity contribution in [1.29, 1.82) is 0 Å². The molecule has 0 aliphatic carbocycles. The first-order chi connectivity index (χ1) is 7.74. The summed E-state index contributed by atoms with van der Waals surface area (Å²) in [6.07, 6.45) is 6.95. The minimum Gasteiger partial charge on any atom is -0.312 e. The van der Waals surface area contributed by atoms with Crippen LogP contribution in [0.25, 0.3) is 0 Å². The van der Waals surface area contributed by atoms with Crippen molar-refractivity contribution >= 4 is 17.7 Å². The molecule has 0 aromatic rings. The van der Waals surface area contributed by atoms with Crippen LogP contribution in [0.2, 0.25) is 0 Å². The van der Waals surface area contributed by atoms with Crippen molar-refractivity contribution in [2.24, 2.45) is 0 Å². The number of rotatable bonds is 6. The summed E-state index contributed by atoms with van der Waals surface area (Å²) in [6, 6.07) is 0. The fourth-order valence-corrected chi connectivity index (χ4v) is 2.14. The molecule has 0 unspecified atom stereocenters. The highest BCUT2D eigenvalue weighted by atomic mass is 32.2. The van der Waals surface area contributed by atoms with E-state index in [-0.39, 0.29) is 0 Å². The molecular formula is C9H19O6PS. The molecule has 0 bridgehead atoms. The highest BCUT2D eigenvalue weighted by molar-refractivity contribution is 7.86. The minimum atomic E-state index is -3.91. The molecule has 0 radical (unpaired) electrons. The summed E-state index contributed by atoms with van der Waals surface area (Å²) in [6.45, 7) is 2.04. The monoisotopic (exact) mass is 286 g/mol. The Balaban J connectivity index is 0. The maximum Gasteiger partial charge on any atom is 0.330 e. The second-order valence-corrected chi connectivity index (χ2v) is 6.84. The lowest BCUT2D eigenvalue weighted by atomic mass is 10.4. The van der Waals surface area contributed by atoms with E-state index in [2.05, 4.69) is 6.42 Å². The van der Waals surface area contributed by atoms with Crippen LogP contribution in [0, 0.1) is 12.3 Å². The van der Waals surface area contributed by atoms with Gasteiger partial charge in [0.25, 0.3) is 10.1 Å². The predicted octanol–water partition coefficient (Wildman–Crippen LogP) is 1.78. The van der Waals surface area contributed by atoms with E-state index in [0.717, 1.165) is 12.8 Å². The fraction of sp³-hybridized carbons (Fsp3) is 0.778. The van der Waals surface area contributed by atoms with Crippen molar-refractivity contribution in [3.05, 3.63) is 0 Å². The van der Waals surface area contributed by atoms with E-state index in [0.29, 0.717) is 6.16 Å². The van der Waals surface area contributed by atoms with Gasteiger partial charge in [-0.3, -0.25) is 9.12 Å². The fourth-order valence-electron chi connectivity index (χ4n) is 0.714. The smallest absolute Gasteiger partial charge is 0.312 e. The average Bonchev–Trinajstić information content (AvgIpc) is 2.25. The normalized spacial score (nSPS) is 11.2. The van der Waals surface area contributed by atoms with Crippen LogP contribution >= 0.6 is 7.60 Å². The van der Waals surface area contributed by atoms with Gasteiger partial charge in [-0.2, -0.15) is 8.42 Å². The van der Waals surface area contributed by atoms with Gasteiger partial charge in [0.15, 0.2) is 0 Å². The summed E-state index contributed by atoms with van der Waals surface area (Å²) in [5.41, 5.74) is 0. The topological polar surface area (TPSA) is 89.9 Å². The summed E-state index contributed by atoms with van der Waals surface area (Å²) < 4.78 is 47.8. The molecule has 1 N–H and O–H groups in total. The van der Waals surface area contributed by atoms with E-state index >= 15 is 0 Å². The highest BCUT2D eigenvalue weighted by Gasteiger charge is 2.18. The van der Waals surface area contributed by atoms with Crippen LogP contribution in [0.5, 0.6) is 0 Å². The van der Waals surface area contributed by atoms with Gasteiger partial charge in [-0.15, -0.1) is 6.42 Å². The summed E-state index contributed by atoms with van der Waals surface area (Å²) in [4.78, 5) is 0. The van der Waals surface area contributed by atoms with Crippen LogP contribution in [-0.2, 0) is 23.7 Å². The Kier molecular flexibility index (Phi) is 10.7. The lowest BCUT2D eigenvalue weighted by Gasteiger charge is -2.11. The molecule has 0 spiro atoms. The molecule has 0 aromatic carbocycles. The minimum absolute atomic E-state index is 0.524. The Hall–Kier alpha value is -0.380. The van der Waals surface area contributed by atoms with Crippen molar-refractivity contribution in [3.8, 4) is 12.3 Å². The maximum absolute atomic E-state index is 11.3. The lowest BCUT2D eigenvalue weighted by molar-refractivity contribution is 0.275. The van der Waals surface area contributed by atoms with Crippen molar-refractivity contribution in [3.63, 3.8) is 0 Å². The van der Waals surface area contributed by atoms with Crippen molar-refractivity contribution in [1.82, 2.24) is 0 Å². The average molecular weight is 286 g/mol. The zero-order valence-electron chi connectivity index (χ0n) is 10.2. The van der Waals surface area contributed by atoms with Crippen LogP contribution in [0.4, 0.5) is 0 Å². The van der Waals surface area contributed by atoms with Crippen LogP contribution < -0.4 is 0 Å². The first kappa shape index (κ1) is 19.0. The Labute approximate surface area is 103 Å². The van der Waals surface area contributed by atoms with E-state index in [1.807, 2.05) is 6.92 Å². The highest BCUT2D eigenvalue weighted by Crippen LogP contribution is 2.46. The van der Waals surface area contributed by atoms with Crippen LogP contribution in [0.15, 0.2) is 0 Å². The standard InChI is InChI=1S/C6H15O3P.C3H4O3S/c1-4-5-6-10(7,8-2)9-3;1-2-3-7(4,5)6/h4-6H2,1-3H3;1H,3H2,(H,4,5,6). The number of terminal acetylenes is 1. The first-order valence-electron chi connectivity index (χ1n) is 4.83. The molecule has 0 heterocycles. The zero-order valence-corrected chi connectivity index (χ0v) is 12.0. The summed E-state index contributed by atoms with van der Waals surface area (Å²) >= 11 is 0. The summed E-state index contributed by atoms with van der Waals surface area (Å²) in [7, 11) is -3.77. The Morgan fingerprint density at radius 1 is 1.35 bits per heavy atom. The van der Waals surface area contributed by atoms with Gasteiger partial charge in [-0.1, -0.05) is 19.3 Å². The lowest BCUT2D eigenvalue weighted by Crippen LogP contribution is -1.99. The molecular weight excluding hydrogens is 267 g/mol. The van der Waals surface area contributed by atoms with Gasteiger partial charge in [0.05, 0.1) is 6.16 Å². The number of unbranched alkanes of at least 4 members (excludes halogenated alkanes) is 1. The van der Waals surface area contributed by atoms with Gasteiger partial charge in [-0.05, 0) is 6.42 Å². The molecule has 0 atom stereocenters. The Morgan fingerprint density at radius 2 is 1.82 bits per heavy atom. The third-order valence-electron chi connectivity index (χ3n) is 1.61. The van der Waals surface area contributed by atoms with Gasteiger partial charge in [0.2, 0.25) is 0 Å². The predicted molar refractivity (Wildman–Crippen MR) is 66.6 cm³/mol. The molecule has 0 saturated heterocycles. The maximum atomic E-state index is 11.3. The molecule has 0 saturated carbocycles. The van der Waals surface area contributed by atoms with Gasteiger partial charge in [-0.25, -0.2) is 0 Å². The van der Waals surface area contributed by atoms with Crippen molar-refractivity contribution in [2.75, 3.05) is 26.1 Å². The third-order valence-corrected chi connectivity index (χ3v) is 4.12. The van der Waals surface area contributed by atoms with Crippen molar-refractivity contribution < 1.29 is 26.6 Å². The van der Waals surface area contributed by atoms with E-state index < -0.39 is 23.5 Å².